The fourth-order valence-corrected chi connectivity index (χ4v) is 6.46. The van der Waals surface area contributed by atoms with Gasteiger partial charge in [-0.1, -0.05) is 0 Å². The molecule has 0 aromatic carbocycles. The van der Waals surface area contributed by atoms with Gasteiger partial charge in [-0.15, -0.1) is 11.3 Å². The van der Waals surface area contributed by atoms with Crippen molar-refractivity contribution in [1.82, 2.24) is 25.2 Å². The van der Waals surface area contributed by atoms with Crippen LogP contribution in [-0.2, 0) is 15.7 Å². The minimum absolute atomic E-state index is 0.0428. The number of halogens is 3. The van der Waals surface area contributed by atoms with Crippen LogP contribution in [0.4, 0.5) is 23.8 Å². The second-order valence-electron chi connectivity index (χ2n) is 12.1. The molecule has 5 rings (SSSR count). The standard InChI is InChI=1S/C30H34F3N7O4S/c1-7-34-27(42)39-22-9-19(26-38-21(15-45-26)30(31,32)33)20(13-35-22)18-8-16(24-37-14-23(41)44-24)12-36-25(18)43-17-10-28(2,3)40(6)29(4,5)11-17/h8-9,12-13,15,17H,7,10-11,14H2,1-6H3,(H2,34,35,39,42). The number of hydrogen-bond donors (Lipinski definition) is 2. The maximum atomic E-state index is 13.6. The summed E-state index contributed by atoms with van der Waals surface area (Å²) in [5.41, 5.74) is -0.0902. The Kier molecular flexibility index (Phi) is 8.61. The number of likely N-dealkylation sites (tertiary alicyclic amines) is 1. The lowest BCUT2D eigenvalue weighted by Crippen LogP contribution is -2.60. The maximum Gasteiger partial charge on any atom is 0.434 e. The van der Waals surface area contributed by atoms with Gasteiger partial charge in [-0.25, -0.2) is 29.5 Å². The lowest BCUT2D eigenvalue weighted by Gasteiger charge is -2.53. The number of amides is 2. The SMILES string of the molecule is CCNC(=O)Nc1cc(-c2nc(C(F)(F)F)cs2)c(-c2cc(C3=NCC(=O)O3)cnc2OC2CC(C)(C)N(C)C(C)(C)C2)cn1. The highest BCUT2D eigenvalue weighted by molar-refractivity contribution is 7.13. The molecule has 0 atom stereocenters. The number of carbonyl (C=O) groups excluding carboxylic acids is 2. The zero-order valence-electron chi connectivity index (χ0n) is 25.7. The van der Waals surface area contributed by atoms with Crippen LogP contribution in [-0.4, -0.2) is 75.1 Å². The van der Waals surface area contributed by atoms with Gasteiger partial charge >= 0.3 is 18.2 Å². The van der Waals surface area contributed by atoms with E-state index in [0.717, 1.165) is 16.7 Å². The summed E-state index contributed by atoms with van der Waals surface area (Å²) in [5.74, 6) is -0.138. The van der Waals surface area contributed by atoms with Gasteiger partial charge in [-0.2, -0.15) is 13.2 Å². The average Bonchev–Trinajstić information content (AvgIpc) is 3.62. The van der Waals surface area contributed by atoms with Gasteiger partial charge in [0.05, 0.1) is 5.56 Å². The van der Waals surface area contributed by atoms with Crippen LogP contribution in [0.5, 0.6) is 5.88 Å². The Bertz CT molecular complexity index is 1640. The second-order valence-corrected chi connectivity index (χ2v) is 13.0. The lowest BCUT2D eigenvalue weighted by atomic mass is 9.78. The van der Waals surface area contributed by atoms with E-state index >= 15 is 0 Å². The predicted octanol–water partition coefficient (Wildman–Crippen LogP) is 5.76. The molecule has 11 nitrogen and oxygen atoms in total. The number of nitrogens with zero attached hydrogens (tertiary/aromatic N) is 5. The highest BCUT2D eigenvalue weighted by Crippen LogP contribution is 2.43. The molecule has 2 aliphatic rings. The molecule has 1 saturated heterocycles. The summed E-state index contributed by atoms with van der Waals surface area (Å²) in [6.45, 7) is 10.5. The highest BCUT2D eigenvalue weighted by Gasteiger charge is 2.44. The Labute approximate surface area is 262 Å². The van der Waals surface area contributed by atoms with Gasteiger partial charge in [0.1, 0.15) is 23.5 Å². The number of aliphatic imine (C=N–C) groups is 1. The zero-order chi connectivity index (χ0) is 32.7. The topological polar surface area (TPSA) is 131 Å². The van der Waals surface area contributed by atoms with E-state index in [9.17, 15) is 22.8 Å². The van der Waals surface area contributed by atoms with Crippen LogP contribution in [0.2, 0.25) is 0 Å². The van der Waals surface area contributed by atoms with E-state index in [1.165, 1.54) is 18.5 Å². The van der Waals surface area contributed by atoms with E-state index < -0.39 is 23.9 Å². The largest absolute Gasteiger partial charge is 0.474 e. The predicted molar refractivity (Wildman–Crippen MR) is 163 cm³/mol. The van der Waals surface area contributed by atoms with E-state index in [4.69, 9.17) is 9.47 Å². The van der Waals surface area contributed by atoms with Gasteiger partial charge in [0.25, 0.3) is 0 Å². The monoisotopic (exact) mass is 645 g/mol. The van der Waals surface area contributed by atoms with Crippen molar-refractivity contribution in [1.29, 1.82) is 0 Å². The normalized spacial score (nSPS) is 18.3. The number of carbonyl (C=O) groups is 2. The molecular formula is C30H34F3N7O4S. The quantitative estimate of drug-likeness (QED) is 0.310. The van der Waals surface area contributed by atoms with Gasteiger partial charge in [0.15, 0.2) is 5.69 Å². The molecule has 0 spiro atoms. The molecule has 15 heteroatoms. The fraction of sp³-hybridized carbons (Fsp3) is 0.467. The number of aromatic nitrogens is 3. The third-order valence-corrected chi connectivity index (χ3v) is 8.88. The van der Waals surface area contributed by atoms with Crippen molar-refractivity contribution in [2.75, 3.05) is 25.5 Å². The molecule has 0 saturated carbocycles. The molecule has 3 aromatic rings. The van der Waals surface area contributed by atoms with Gasteiger partial charge in [-0.05, 0) is 53.8 Å². The Balaban J connectivity index is 1.65. The molecule has 3 aromatic heterocycles. The number of ether oxygens (including phenoxy) is 2. The number of anilines is 1. The molecule has 0 aliphatic carbocycles. The smallest absolute Gasteiger partial charge is 0.434 e. The average molecular weight is 646 g/mol. The lowest BCUT2D eigenvalue weighted by molar-refractivity contribution is -0.140. The molecular weight excluding hydrogens is 611 g/mol. The van der Waals surface area contributed by atoms with Crippen LogP contribution >= 0.6 is 11.3 Å². The number of pyridine rings is 2. The molecule has 240 valence electrons. The number of hydrogen-bond acceptors (Lipinski definition) is 10. The number of thiazole rings is 1. The summed E-state index contributed by atoms with van der Waals surface area (Å²) < 4.78 is 52.6. The highest BCUT2D eigenvalue weighted by atomic mass is 32.1. The Hall–Kier alpha value is -4.11. The van der Waals surface area contributed by atoms with Crippen molar-refractivity contribution in [2.24, 2.45) is 4.99 Å². The van der Waals surface area contributed by atoms with Crippen molar-refractivity contribution in [3.8, 4) is 27.6 Å². The minimum Gasteiger partial charge on any atom is -0.474 e. The Morgan fingerprint density at radius 1 is 1.11 bits per heavy atom. The second kappa shape index (κ2) is 12.0. The summed E-state index contributed by atoms with van der Waals surface area (Å²) in [6.07, 6.45) is -0.645. The Morgan fingerprint density at radius 3 is 2.42 bits per heavy atom. The summed E-state index contributed by atoms with van der Waals surface area (Å²) in [4.78, 5) is 43.4. The first-order chi connectivity index (χ1) is 21.1. The van der Waals surface area contributed by atoms with Crippen molar-refractivity contribution >= 4 is 35.1 Å². The summed E-state index contributed by atoms with van der Waals surface area (Å²) in [7, 11) is 2.08. The van der Waals surface area contributed by atoms with E-state index in [2.05, 4.69) is 70.2 Å². The first kappa shape index (κ1) is 32.3. The van der Waals surface area contributed by atoms with E-state index in [1.54, 1.807) is 13.0 Å². The number of cyclic esters (lactones) is 1. The van der Waals surface area contributed by atoms with Gasteiger partial charge in [-0.3, -0.25) is 10.2 Å². The number of esters is 1. The molecule has 0 unspecified atom stereocenters. The van der Waals surface area contributed by atoms with Crippen molar-refractivity contribution < 1.29 is 32.2 Å². The number of alkyl halides is 3. The van der Waals surface area contributed by atoms with Crippen LogP contribution in [0.15, 0.2) is 34.9 Å². The molecule has 0 radical (unpaired) electrons. The first-order valence-corrected chi connectivity index (χ1v) is 15.2. The van der Waals surface area contributed by atoms with E-state index in [0.29, 0.717) is 36.1 Å². The number of urea groups is 1. The molecule has 1 fully saturated rings. The van der Waals surface area contributed by atoms with Crippen LogP contribution in [0, 0.1) is 0 Å². The number of rotatable bonds is 7. The van der Waals surface area contributed by atoms with Crippen LogP contribution < -0.4 is 15.4 Å². The van der Waals surface area contributed by atoms with Crippen LogP contribution in [0.3, 0.4) is 0 Å². The van der Waals surface area contributed by atoms with Crippen LogP contribution in [0.1, 0.15) is 58.7 Å². The molecule has 2 amide bonds. The summed E-state index contributed by atoms with van der Waals surface area (Å²) in [6, 6.07) is 2.58. The third kappa shape index (κ3) is 6.93. The van der Waals surface area contributed by atoms with Crippen molar-refractivity contribution in [3.63, 3.8) is 0 Å². The van der Waals surface area contributed by atoms with Gasteiger partial charge in [0.2, 0.25) is 11.8 Å². The van der Waals surface area contributed by atoms with E-state index in [-0.39, 0.29) is 51.9 Å². The molecule has 5 heterocycles. The number of piperidine rings is 1. The van der Waals surface area contributed by atoms with Crippen molar-refractivity contribution in [2.45, 2.75) is 70.8 Å². The summed E-state index contributed by atoms with van der Waals surface area (Å²) >= 11 is 0.800. The Morgan fingerprint density at radius 2 is 1.82 bits per heavy atom. The number of nitrogens with one attached hydrogen (secondary N) is 2. The third-order valence-electron chi connectivity index (χ3n) is 8.01. The fourth-order valence-electron chi connectivity index (χ4n) is 5.60. The van der Waals surface area contributed by atoms with Crippen molar-refractivity contribution in [3.05, 3.63) is 41.2 Å². The maximum absolute atomic E-state index is 13.6. The summed E-state index contributed by atoms with van der Waals surface area (Å²) in [5, 5.41) is 6.17. The zero-order valence-corrected chi connectivity index (χ0v) is 26.5. The van der Waals surface area contributed by atoms with E-state index in [1.807, 2.05) is 0 Å². The van der Waals surface area contributed by atoms with Gasteiger partial charge in [0, 0.05) is 64.9 Å². The molecule has 0 bridgehead atoms. The first-order valence-electron chi connectivity index (χ1n) is 14.3. The van der Waals surface area contributed by atoms with Crippen LogP contribution in [0.25, 0.3) is 21.7 Å². The molecule has 2 N–H and O–H groups in total. The minimum atomic E-state index is -4.65. The molecule has 45 heavy (non-hydrogen) atoms. The van der Waals surface area contributed by atoms with Gasteiger partial charge < -0.3 is 14.8 Å². The molecule has 2 aliphatic heterocycles.